The van der Waals surface area contributed by atoms with Crippen LogP contribution in [0.15, 0.2) is 36.5 Å². The zero-order chi connectivity index (χ0) is 25.1. The van der Waals surface area contributed by atoms with Crippen LogP contribution in [0.3, 0.4) is 0 Å². The molecule has 0 saturated carbocycles. The van der Waals surface area contributed by atoms with Crippen LogP contribution in [-0.2, 0) is 4.79 Å². The SMILES string of the molecule is CCOc1ccc(F)c(N2CCC(Oc3ccc(N4C[C@H](C)[C@@H](C)[C@@H]4CC(=O)O)cn3)C(C)C2)c1. The summed E-state index contributed by atoms with van der Waals surface area (Å²) in [5.74, 6) is 1.10. The molecule has 4 rings (SSSR count). The predicted molar refractivity (Wildman–Crippen MR) is 134 cm³/mol. The van der Waals surface area contributed by atoms with Gasteiger partial charge in [0, 0.05) is 50.1 Å². The Bertz CT molecular complexity index is 1020. The molecule has 7 nitrogen and oxygen atoms in total. The van der Waals surface area contributed by atoms with Gasteiger partial charge < -0.3 is 24.4 Å². The van der Waals surface area contributed by atoms with Gasteiger partial charge >= 0.3 is 5.97 Å². The van der Waals surface area contributed by atoms with E-state index in [-0.39, 0.29) is 30.3 Å². The Balaban J connectivity index is 1.39. The van der Waals surface area contributed by atoms with Gasteiger partial charge in [-0.1, -0.05) is 20.8 Å². The number of halogens is 1. The molecule has 2 aliphatic heterocycles. The molecule has 0 spiro atoms. The minimum Gasteiger partial charge on any atom is -0.494 e. The van der Waals surface area contributed by atoms with Crippen LogP contribution in [0.25, 0.3) is 0 Å². The number of hydrogen-bond donors (Lipinski definition) is 1. The number of piperidine rings is 1. The summed E-state index contributed by atoms with van der Waals surface area (Å²) in [6.07, 6.45) is 2.64. The van der Waals surface area contributed by atoms with E-state index in [9.17, 15) is 14.3 Å². The fourth-order valence-electron chi connectivity index (χ4n) is 5.32. The number of carbonyl (C=O) groups is 1. The third-order valence-corrected chi connectivity index (χ3v) is 7.49. The van der Waals surface area contributed by atoms with Crippen molar-refractivity contribution in [3.8, 4) is 11.6 Å². The van der Waals surface area contributed by atoms with Crippen molar-refractivity contribution in [2.75, 3.05) is 36.0 Å². The maximum atomic E-state index is 14.5. The van der Waals surface area contributed by atoms with E-state index < -0.39 is 5.97 Å². The highest BCUT2D eigenvalue weighted by Gasteiger charge is 2.38. The Kier molecular flexibility index (Phi) is 7.67. The van der Waals surface area contributed by atoms with Gasteiger partial charge in [-0.15, -0.1) is 0 Å². The zero-order valence-corrected chi connectivity index (χ0v) is 21.0. The number of aromatic nitrogens is 1. The number of pyridine rings is 1. The Hall–Kier alpha value is -3.03. The van der Waals surface area contributed by atoms with Crippen LogP contribution in [0, 0.1) is 23.6 Å². The molecule has 0 aliphatic carbocycles. The Labute approximate surface area is 206 Å². The number of rotatable bonds is 8. The molecular formula is C27H36FN3O4. The Morgan fingerprint density at radius 1 is 1.17 bits per heavy atom. The molecule has 2 fully saturated rings. The average Bonchev–Trinajstić information content (AvgIpc) is 3.10. The normalized spacial score (nSPS) is 26.6. The van der Waals surface area contributed by atoms with Crippen LogP contribution < -0.4 is 19.3 Å². The van der Waals surface area contributed by atoms with Gasteiger partial charge in [-0.2, -0.15) is 0 Å². The highest BCUT2D eigenvalue weighted by molar-refractivity contribution is 5.69. The summed E-state index contributed by atoms with van der Waals surface area (Å²) in [6.45, 7) is 11.0. The number of carboxylic acids is 1. The first kappa shape index (κ1) is 25.1. The summed E-state index contributed by atoms with van der Waals surface area (Å²) >= 11 is 0. The van der Waals surface area contributed by atoms with Crippen LogP contribution in [0.5, 0.6) is 11.6 Å². The first-order valence-corrected chi connectivity index (χ1v) is 12.5. The molecule has 35 heavy (non-hydrogen) atoms. The molecule has 3 heterocycles. The lowest BCUT2D eigenvalue weighted by atomic mass is 9.92. The number of nitrogens with zero attached hydrogens (tertiary/aromatic N) is 3. The number of ether oxygens (including phenoxy) is 2. The van der Waals surface area contributed by atoms with Gasteiger partial charge in [-0.05, 0) is 37.0 Å². The van der Waals surface area contributed by atoms with Crippen LogP contribution in [0.1, 0.15) is 40.5 Å². The van der Waals surface area contributed by atoms with Gasteiger partial charge in [-0.25, -0.2) is 9.37 Å². The van der Waals surface area contributed by atoms with E-state index in [0.29, 0.717) is 48.8 Å². The molecule has 1 aromatic carbocycles. The van der Waals surface area contributed by atoms with Crippen molar-refractivity contribution >= 4 is 17.3 Å². The number of aliphatic carboxylic acids is 1. The van der Waals surface area contributed by atoms with Crippen molar-refractivity contribution in [1.82, 2.24) is 4.98 Å². The molecule has 0 bridgehead atoms. The van der Waals surface area contributed by atoms with Crippen LogP contribution in [-0.4, -0.2) is 54.4 Å². The molecule has 5 atom stereocenters. The van der Waals surface area contributed by atoms with Crippen molar-refractivity contribution < 1.29 is 23.8 Å². The second kappa shape index (κ2) is 10.7. The van der Waals surface area contributed by atoms with E-state index in [1.807, 2.05) is 19.1 Å². The summed E-state index contributed by atoms with van der Waals surface area (Å²) in [7, 11) is 0. The Morgan fingerprint density at radius 2 is 1.97 bits per heavy atom. The third-order valence-electron chi connectivity index (χ3n) is 7.49. The van der Waals surface area contributed by atoms with Crippen LogP contribution in [0.4, 0.5) is 15.8 Å². The lowest BCUT2D eigenvalue weighted by Gasteiger charge is -2.38. The van der Waals surface area contributed by atoms with Crippen molar-refractivity contribution in [2.45, 2.75) is 52.7 Å². The maximum absolute atomic E-state index is 14.5. The summed E-state index contributed by atoms with van der Waals surface area (Å²) in [4.78, 5) is 20.1. The van der Waals surface area contributed by atoms with E-state index in [2.05, 4.69) is 35.6 Å². The topological polar surface area (TPSA) is 75.1 Å². The predicted octanol–water partition coefficient (Wildman–Crippen LogP) is 4.85. The first-order chi connectivity index (χ1) is 16.8. The second-order valence-electron chi connectivity index (χ2n) is 9.92. The molecule has 2 aromatic rings. The van der Waals surface area contributed by atoms with Crippen molar-refractivity contribution in [3.63, 3.8) is 0 Å². The van der Waals surface area contributed by atoms with Gasteiger partial charge in [0.15, 0.2) is 0 Å². The van der Waals surface area contributed by atoms with Crippen molar-refractivity contribution in [3.05, 3.63) is 42.3 Å². The minimum absolute atomic E-state index is 0.0191. The fourth-order valence-corrected chi connectivity index (χ4v) is 5.32. The van der Waals surface area contributed by atoms with E-state index in [1.165, 1.54) is 6.07 Å². The third kappa shape index (κ3) is 5.63. The quantitative estimate of drug-likeness (QED) is 0.573. The van der Waals surface area contributed by atoms with Gasteiger partial charge in [0.2, 0.25) is 5.88 Å². The summed E-state index contributed by atoms with van der Waals surface area (Å²) in [5.41, 5.74) is 1.49. The fraction of sp³-hybridized carbons (Fsp3) is 0.556. The highest BCUT2D eigenvalue weighted by Crippen LogP contribution is 2.36. The molecule has 190 valence electrons. The van der Waals surface area contributed by atoms with Gasteiger partial charge in [-0.3, -0.25) is 4.79 Å². The standard InChI is InChI=1S/C27H36FN3O4/c1-5-34-21-7-8-22(28)24(12-21)30-11-10-25(18(3)15-30)35-26-9-6-20(14-29-26)31-16-17(2)19(4)23(31)13-27(32)33/h6-9,12,14,17-19,23,25H,5,10-11,13,15-16H2,1-4H3,(H,32,33)/t17-,18?,19+,23-,25?/m0/s1. The Morgan fingerprint density at radius 3 is 2.63 bits per heavy atom. The van der Waals surface area contributed by atoms with E-state index in [4.69, 9.17) is 9.47 Å². The van der Waals surface area contributed by atoms with Crippen LogP contribution >= 0.6 is 0 Å². The number of benzene rings is 1. The number of anilines is 2. The van der Waals surface area contributed by atoms with Gasteiger partial charge in [0.05, 0.1) is 30.6 Å². The summed E-state index contributed by atoms with van der Waals surface area (Å²) in [5, 5.41) is 9.35. The van der Waals surface area contributed by atoms with Gasteiger partial charge in [0.1, 0.15) is 17.7 Å². The summed E-state index contributed by atoms with van der Waals surface area (Å²) < 4.78 is 26.3. The molecule has 2 saturated heterocycles. The molecule has 8 heteroatoms. The minimum atomic E-state index is -0.779. The smallest absolute Gasteiger partial charge is 0.305 e. The maximum Gasteiger partial charge on any atom is 0.305 e. The van der Waals surface area contributed by atoms with E-state index in [0.717, 1.165) is 18.7 Å². The average molecular weight is 486 g/mol. The molecule has 2 aliphatic rings. The molecule has 0 radical (unpaired) electrons. The zero-order valence-electron chi connectivity index (χ0n) is 21.0. The largest absolute Gasteiger partial charge is 0.494 e. The molecular weight excluding hydrogens is 449 g/mol. The first-order valence-electron chi connectivity index (χ1n) is 12.5. The number of carboxylic acid groups (broad SMARTS) is 1. The lowest BCUT2D eigenvalue weighted by Crippen LogP contribution is -2.44. The van der Waals surface area contributed by atoms with Crippen LogP contribution in [0.2, 0.25) is 0 Å². The molecule has 1 N–H and O–H groups in total. The van der Waals surface area contributed by atoms with Gasteiger partial charge in [0.25, 0.3) is 0 Å². The number of hydrogen-bond acceptors (Lipinski definition) is 6. The van der Waals surface area contributed by atoms with E-state index in [1.54, 1.807) is 18.3 Å². The molecule has 1 aromatic heterocycles. The molecule has 0 amide bonds. The van der Waals surface area contributed by atoms with E-state index >= 15 is 0 Å². The molecule has 2 unspecified atom stereocenters. The lowest BCUT2D eigenvalue weighted by molar-refractivity contribution is -0.137. The second-order valence-corrected chi connectivity index (χ2v) is 9.92. The van der Waals surface area contributed by atoms with Crippen molar-refractivity contribution in [2.24, 2.45) is 17.8 Å². The summed E-state index contributed by atoms with van der Waals surface area (Å²) in [6, 6.07) is 8.68. The highest BCUT2D eigenvalue weighted by atomic mass is 19.1. The van der Waals surface area contributed by atoms with Crippen molar-refractivity contribution in [1.29, 1.82) is 0 Å². The monoisotopic (exact) mass is 485 g/mol.